The molecule has 0 spiro atoms. The molecule has 9 nitrogen and oxygen atoms in total. The Morgan fingerprint density at radius 3 is 2.71 bits per heavy atom. The van der Waals surface area contributed by atoms with Crippen LogP contribution in [-0.4, -0.2) is 57.0 Å². The van der Waals surface area contributed by atoms with E-state index in [2.05, 4.69) is 10.2 Å². The molecule has 1 aromatic heterocycles. The minimum absolute atomic E-state index is 0.00332. The third-order valence-corrected chi connectivity index (χ3v) is 7.19. The van der Waals surface area contributed by atoms with Gasteiger partial charge >= 0.3 is 5.69 Å². The molecule has 2 aliphatic rings. The van der Waals surface area contributed by atoms with Crippen molar-refractivity contribution in [2.75, 3.05) is 19.5 Å². The van der Waals surface area contributed by atoms with E-state index in [9.17, 15) is 9.59 Å². The van der Waals surface area contributed by atoms with Crippen molar-refractivity contribution in [2.45, 2.75) is 43.1 Å². The molecule has 5 rings (SSSR count). The minimum Gasteiger partial charge on any atom is -0.497 e. The van der Waals surface area contributed by atoms with Gasteiger partial charge in [-0.3, -0.25) is 9.36 Å². The van der Waals surface area contributed by atoms with Crippen molar-refractivity contribution in [3.05, 3.63) is 76.2 Å². The second-order valence-corrected chi connectivity index (χ2v) is 9.43. The van der Waals surface area contributed by atoms with Gasteiger partial charge in [-0.15, -0.1) is 5.10 Å². The Labute approximate surface area is 207 Å². The van der Waals surface area contributed by atoms with E-state index in [1.54, 1.807) is 16.7 Å². The van der Waals surface area contributed by atoms with Crippen molar-refractivity contribution in [2.24, 2.45) is 5.10 Å². The smallest absolute Gasteiger partial charge is 0.344 e. The second kappa shape index (κ2) is 10.5. The summed E-state index contributed by atoms with van der Waals surface area (Å²) < 4.78 is 12.5. The van der Waals surface area contributed by atoms with Gasteiger partial charge in [0.1, 0.15) is 5.75 Å². The summed E-state index contributed by atoms with van der Waals surface area (Å²) in [7, 11) is 1.63. The summed E-state index contributed by atoms with van der Waals surface area (Å²) in [6, 6.07) is 17.4. The van der Waals surface area contributed by atoms with Gasteiger partial charge in [0.25, 0.3) is 5.91 Å². The number of thioether (sulfide) groups is 1. The Morgan fingerprint density at radius 2 is 2.00 bits per heavy atom. The summed E-state index contributed by atoms with van der Waals surface area (Å²) in [6.07, 6.45) is 2.51. The van der Waals surface area contributed by atoms with Gasteiger partial charge in [0.2, 0.25) is 0 Å². The molecule has 1 N–H and O–H groups in total. The molecule has 1 saturated heterocycles. The summed E-state index contributed by atoms with van der Waals surface area (Å²) in [4.78, 5) is 25.7. The number of hydrogen-bond donors (Lipinski definition) is 1. The molecule has 182 valence electrons. The molecular formula is C25H27N5O4S. The standard InChI is InChI=1S/C25H27N5O4S/c1-33-19-11-9-18(10-12-19)22-14-21(17-6-3-2-4-7-17)28-30(22)23(31)16-35-25-27-26-24(32)29(25)15-20-8-5-13-34-20/h2-4,6-7,9-12,20,22H,5,8,13-16H2,1H3,(H,26,32)/t20-,22-/m1/s1. The van der Waals surface area contributed by atoms with Crippen molar-refractivity contribution < 1.29 is 14.3 Å². The normalized spacial score (nSPS) is 19.7. The summed E-state index contributed by atoms with van der Waals surface area (Å²) >= 11 is 1.23. The van der Waals surface area contributed by atoms with Crippen LogP contribution in [0.4, 0.5) is 0 Å². The molecule has 0 unspecified atom stereocenters. The van der Waals surface area contributed by atoms with Gasteiger partial charge in [-0.25, -0.2) is 14.9 Å². The maximum atomic E-state index is 13.4. The van der Waals surface area contributed by atoms with Gasteiger partial charge in [-0.05, 0) is 36.1 Å². The third-order valence-electron chi connectivity index (χ3n) is 6.23. The molecule has 0 aliphatic carbocycles. The number of methoxy groups -OCH3 is 1. The van der Waals surface area contributed by atoms with E-state index in [-0.39, 0.29) is 29.5 Å². The fourth-order valence-corrected chi connectivity index (χ4v) is 5.20. The number of H-pyrrole nitrogens is 1. The van der Waals surface area contributed by atoms with Crippen molar-refractivity contribution in [1.29, 1.82) is 0 Å². The number of benzene rings is 2. The van der Waals surface area contributed by atoms with Crippen LogP contribution in [0.25, 0.3) is 0 Å². The number of hydrogen-bond acceptors (Lipinski definition) is 7. The number of amides is 1. The summed E-state index contributed by atoms with van der Waals surface area (Å²) in [5.74, 6) is 0.710. The first-order valence-electron chi connectivity index (χ1n) is 11.6. The number of carbonyl (C=O) groups is 1. The number of nitrogens with one attached hydrogen (secondary N) is 1. The molecule has 35 heavy (non-hydrogen) atoms. The number of aromatic amines is 1. The van der Waals surface area contributed by atoms with Crippen LogP contribution < -0.4 is 10.4 Å². The van der Waals surface area contributed by atoms with Crippen LogP contribution in [0, 0.1) is 0 Å². The van der Waals surface area contributed by atoms with Gasteiger partial charge in [-0.2, -0.15) is 5.10 Å². The highest BCUT2D eigenvalue weighted by Gasteiger charge is 2.33. The number of aromatic nitrogens is 3. The quantitative estimate of drug-likeness (QED) is 0.484. The zero-order valence-electron chi connectivity index (χ0n) is 19.4. The molecule has 0 radical (unpaired) electrons. The van der Waals surface area contributed by atoms with Gasteiger partial charge in [0, 0.05) is 13.0 Å². The van der Waals surface area contributed by atoms with Crippen molar-refractivity contribution >= 4 is 23.4 Å². The van der Waals surface area contributed by atoms with E-state index < -0.39 is 0 Å². The van der Waals surface area contributed by atoms with Crippen LogP contribution >= 0.6 is 11.8 Å². The fourth-order valence-electron chi connectivity index (χ4n) is 4.39. The van der Waals surface area contributed by atoms with Gasteiger partial charge in [-0.1, -0.05) is 54.2 Å². The number of carbonyl (C=O) groups excluding carboxylic acids is 1. The predicted molar refractivity (Wildman–Crippen MR) is 133 cm³/mol. The average molecular weight is 494 g/mol. The zero-order chi connectivity index (χ0) is 24.2. The first-order chi connectivity index (χ1) is 17.1. The highest BCUT2D eigenvalue weighted by molar-refractivity contribution is 7.99. The molecule has 0 bridgehead atoms. The Bertz CT molecular complexity index is 1250. The SMILES string of the molecule is COc1ccc([C@H]2CC(c3ccccc3)=NN2C(=O)CSc2n[nH]c(=O)n2C[C@H]2CCCO2)cc1. The van der Waals surface area contributed by atoms with Crippen LogP contribution in [0.5, 0.6) is 5.75 Å². The molecule has 2 atom stereocenters. The Balaban J connectivity index is 1.34. The van der Waals surface area contributed by atoms with E-state index in [0.29, 0.717) is 24.7 Å². The molecular weight excluding hydrogens is 466 g/mol. The van der Waals surface area contributed by atoms with Crippen molar-refractivity contribution in [3.8, 4) is 5.75 Å². The monoisotopic (exact) mass is 493 g/mol. The summed E-state index contributed by atoms with van der Waals surface area (Å²) in [5, 5.41) is 13.4. The molecule has 10 heteroatoms. The highest BCUT2D eigenvalue weighted by atomic mass is 32.2. The van der Waals surface area contributed by atoms with E-state index >= 15 is 0 Å². The highest BCUT2D eigenvalue weighted by Crippen LogP contribution is 2.34. The van der Waals surface area contributed by atoms with Gasteiger partial charge < -0.3 is 9.47 Å². The molecule has 3 heterocycles. The van der Waals surface area contributed by atoms with E-state index in [1.807, 2.05) is 54.6 Å². The Hall–Kier alpha value is -3.37. The Morgan fingerprint density at radius 1 is 1.20 bits per heavy atom. The fraction of sp³-hybridized carbons (Fsp3) is 0.360. The topological polar surface area (TPSA) is 102 Å². The maximum absolute atomic E-state index is 13.4. The maximum Gasteiger partial charge on any atom is 0.344 e. The number of hydrazone groups is 1. The van der Waals surface area contributed by atoms with Gasteiger partial charge in [0.05, 0.1) is 37.3 Å². The molecule has 0 saturated carbocycles. The molecule has 2 aliphatic heterocycles. The largest absolute Gasteiger partial charge is 0.497 e. The first-order valence-corrected chi connectivity index (χ1v) is 12.6. The molecule has 3 aromatic rings. The Kier molecular flexibility index (Phi) is 7.01. The summed E-state index contributed by atoms with van der Waals surface area (Å²) in [6.45, 7) is 1.14. The zero-order valence-corrected chi connectivity index (χ0v) is 20.2. The lowest BCUT2D eigenvalue weighted by molar-refractivity contribution is -0.130. The lowest BCUT2D eigenvalue weighted by Crippen LogP contribution is -2.29. The molecule has 1 amide bonds. The van der Waals surface area contributed by atoms with Crippen LogP contribution in [-0.2, 0) is 16.1 Å². The lowest BCUT2D eigenvalue weighted by atomic mass is 9.98. The average Bonchev–Trinajstić information content (AvgIpc) is 3.65. The number of nitrogens with zero attached hydrogens (tertiary/aromatic N) is 4. The third kappa shape index (κ3) is 5.18. The van der Waals surface area contributed by atoms with E-state index in [4.69, 9.17) is 14.6 Å². The predicted octanol–water partition coefficient (Wildman–Crippen LogP) is 3.23. The van der Waals surface area contributed by atoms with Crippen molar-refractivity contribution in [3.63, 3.8) is 0 Å². The van der Waals surface area contributed by atoms with Crippen LogP contribution in [0.3, 0.4) is 0 Å². The molecule has 2 aromatic carbocycles. The van der Waals surface area contributed by atoms with Crippen LogP contribution in [0.1, 0.15) is 36.4 Å². The molecule has 1 fully saturated rings. The van der Waals surface area contributed by atoms with Crippen LogP contribution in [0.2, 0.25) is 0 Å². The van der Waals surface area contributed by atoms with Crippen molar-refractivity contribution in [1.82, 2.24) is 19.8 Å². The number of rotatable bonds is 8. The second-order valence-electron chi connectivity index (χ2n) is 8.49. The van der Waals surface area contributed by atoms with Crippen LogP contribution in [0.15, 0.2) is 69.6 Å². The minimum atomic E-state index is -0.294. The van der Waals surface area contributed by atoms with E-state index in [1.165, 1.54) is 11.8 Å². The summed E-state index contributed by atoms with van der Waals surface area (Å²) in [5.41, 5.74) is 2.54. The van der Waals surface area contributed by atoms with Gasteiger partial charge in [0.15, 0.2) is 5.16 Å². The lowest BCUT2D eigenvalue weighted by Gasteiger charge is -2.22. The number of ether oxygens (including phenoxy) is 2. The first kappa shape index (κ1) is 23.4. The van der Waals surface area contributed by atoms with E-state index in [0.717, 1.165) is 35.4 Å².